The van der Waals surface area contributed by atoms with Crippen molar-refractivity contribution in [1.29, 1.82) is 0 Å². The van der Waals surface area contributed by atoms with Crippen molar-refractivity contribution in [3.05, 3.63) is 24.0 Å². The van der Waals surface area contributed by atoms with Crippen LogP contribution in [0.25, 0.3) is 0 Å². The SMILES string of the molecule is CCC(C)c1ncccc1O. The van der Waals surface area contributed by atoms with Gasteiger partial charge in [-0.1, -0.05) is 13.8 Å². The summed E-state index contributed by atoms with van der Waals surface area (Å²) in [4.78, 5) is 4.10. The molecule has 1 aromatic rings. The predicted molar refractivity (Wildman–Crippen MR) is 44.6 cm³/mol. The molecule has 0 bridgehead atoms. The van der Waals surface area contributed by atoms with Crippen LogP contribution in [0.3, 0.4) is 0 Å². The second-order valence-corrected chi connectivity index (χ2v) is 2.72. The summed E-state index contributed by atoms with van der Waals surface area (Å²) in [5.41, 5.74) is 0.801. The van der Waals surface area contributed by atoms with Crippen molar-refractivity contribution in [1.82, 2.24) is 4.98 Å². The molecule has 0 amide bonds. The summed E-state index contributed by atoms with van der Waals surface area (Å²) in [6.07, 6.45) is 2.71. The van der Waals surface area contributed by atoms with Crippen LogP contribution in [0.1, 0.15) is 31.9 Å². The molecule has 60 valence electrons. The van der Waals surface area contributed by atoms with Crippen LogP contribution in [-0.2, 0) is 0 Å². The molecule has 0 saturated heterocycles. The molecule has 0 saturated carbocycles. The number of aromatic nitrogens is 1. The van der Waals surface area contributed by atoms with Crippen LogP contribution in [0, 0.1) is 0 Å². The van der Waals surface area contributed by atoms with E-state index < -0.39 is 0 Å². The second kappa shape index (κ2) is 3.37. The fourth-order valence-corrected chi connectivity index (χ4v) is 0.982. The Morgan fingerprint density at radius 1 is 1.64 bits per heavy atom. The van der Waals surface area contributed by atoms with Crippen LogP contribution in [0.2, 0.25) is 0 Å². The van der Waals surface area contributed by atoms with Gasteiger partial charge in [-0.3, -0.25) is 4.98 Å². The lowest BCUT2D eigenvalue weighted by atomic mass is 10.0. The first-order chi connectivity index (χ1) is 5.25. The lowest BCUT2D eigenvalue weighted by Crippen LogP contribution is -1.94. The summed E-state index contributed by atoms with van der Waals surface area (Å²) in [5, 5.41) is 9.35. The minimum absolute atomic E-state index is 0.307. The Balaban J connectivity index is 2.93. The molecule has 0 aromatic carbocycles. The summed E-state index contributed by atoms with van der Waals surface area (Å²) >= 11 is 0. The third-order valence-electron chi connectivity index (χ3n) is 1.90. The largest absolute Gasteiger partial charge is 0.506 e. The highest BCUT2D eigenvalue weighted by Crippen LogP contribution is 2.24. The van der Waals surface area contributed by atoms with Crippen molar-refractivity contribution in [3.8, 4) is 5.75 Å². The second-order valence-electron chi connectivity index (χ2n) is 2.72. The number of pyridine rings is 1. The highest BCUT2D eigenvalue weighted by atomic mass is 16.3. The Labute approximate surface area is 66.9 Å². The fraction of sp³-hybridized carbons (Fsp3) is 0.444. The van der Waals surface area contributed by atoms with E-state index in [0.29, 0.717) is 11.7 Å². The molecule has 2 nitrogen and oxygen atoms in total. The van der Waals surface area contributed by atoms with Gasteiger partial charge in [0.2, 0.25) is 0 Å². The zero-order valence-corrected chi connectivity index (χ0v) is 6.91. The molecule has 0 aliphatic heterocycles. The van der Waals surface area contributed by atoms with Gasteiger partial charge in [0.25, 0.3) is 0 Å². The van der Waals surface area contributed by atoms with E-state index >= 15 is 0 Å². The Morgan fingerprint density at radius 3 is 2.91 bits per heavy atom. The number of nitrogens with zero attached hydrogens (tertiary/aromatic N) is 1. The van der Waals surface area contributed by atoms with E-state index in [-0.39, 0.29) is 0 Å². The molecule has 1 atom stereocenters. The van der Waals surface area contributed by atoms with Crippen molar-refractivity contribution >= 4 is 0 Å². The van der Waals surface area contributed by atoms with Gasteiger partial charge in [0.15, 0.2) is 0 Å². The van der Waals surface area contributed by atoms with E-state index in [1.54, 1.807) is 18.3 Å². The van der Waals surface area contributed by atoms with Gasteiger partial charge in [-0.15, -0.1) is 0 Å². The summed E-state index contributed by atoms with van der Waals surface area (Å²) in [6.45, 7) is 4.14. The van der Waals surface area contributed by atoms with Gasteiger partial charge in [0.05, 0.1) is 5.69 Å². The molecule has 0 spiro atoms. The predicted octanol–water partition coefficient (Wildman–Crippen LogP) is 2.30. The minimum Gasteiger partial charge on any atom is -0.506 e. The summed E-state index contributed by atoms with van der Waals surface area (Å²) in [7, 11) is 0. The van der Waals surface area contributed by atoms with Gasteiger partial charge in [-0.05, 0) is 18.6 Å². The standard InChI is InChI=1S/C9H13NO/c1-3-7(2)9-8(11)5-4-6-10-9/h4-7,11H,3H2,1-2H3. The molecule has 2 heteroatoms. The zero-order chi connectivity index (χ0) is 8.27. The monoisotopic (exact) mass is 151 g/mol. The minimum atomic E-state index is 0.307. The number of hydrogen-bond acceptors (Lipinski definition) is 2. The Hall–Kier alpha value is -1.05. The number of aromatic hydroxyl groups is 1. The molecule has 0 fully saturated rings. The van der Waals surface area contributed by atoms with E-state index in [1.807, 2.05) is 0 Å². The Kier molecular flexibility index (Phi) is 2.47. The maximum Gasteiger partial charge on any atom is 0.137 e. The Bertz CT molecular complexity index is 235. The van der Waals surface area contributed by atoms with Crippen molar-refractivity contribution in [2.45, 2.75) is 26.2 Å². The van der Waals surface area contributed by atoms with Crippen LogP contribution in [0.15, 0.2) is 18.3 Å². The van der Waals surface area contributed by atoms with Crippen LogP contribution >= 0.6 is 0 Å². The molecule has 0 radical (unpaired) electrons. The molecule has 0 aliphatic rings. The number of hydrogen-bond donors (Lipinski definition) is 1. The van der Waals surface area contributed by atoms with Crippen LogP contribution in [0.4, 0.5) is 0 Å². The molecular weight excluding hydrogens is 138 g/mol. The lowest BCUT2D eigenvalue weighted by Gasteiger charge is -2.08. The fourth-order valence-electron chi connectivity index (χ4n) is 0.982. The first-order valence-corrected chi connectivity index (χ1v) is 3.89. The van der Waals surface area contributed by atoms with Crippen LogP contribution in [-0.4, -0.2) is 10.1 Å². The van der Waals surface area contributed by atoms with Crippen molar-refractivity contribution in [2.75, 3.05) is 0 Å². The summed E-state index contributed by atoms with van der Waals surface area (Å²) < 4.78 is 0. The van der Waals surface area contributed by atoms with Gasteiger partial charge >= 0.3 is 0 Å². The van der Waals surface area contributed by atoms with Crippen molar-refractivity contribution < 1.29 is 5.11 Å². The van der Waals surface area contributed by atoms with Crippen LogP contribution < -0.4 is 0 Å². The average molecular weight is 151 g/mol. The van der Waals surface area contributed by atoms with E-state index in [4.69, 9.17) is 0 Å². The van der Waals surface area contributed by atoms with Gasteiger partial charge in [-0.2, -0.15) is 0 Å². The summed E-state index contributed by atoms with van der Waals surface area (Å²) in [5.74, 6) is 0.651. The molecule has 1 rings (SSSR count). The molecule has 0 aliphatic carbocycles. The molecule has 1 heterocycles. The van der Waals surface area contributed by atoms with E-state index in [0.717, 1.165) is 12.1 Å². The first kappa shape index (κ1) is 8.05. The zero-order valence-electron chi connectivity index (χ0n) is 6.91. The van der Waals surface area contributed by atoms with Gasteiger partial charge in [-0.25, -0.2) is 0 Å². The molecule has 1 N–H and O–H groups in total. The normalized spacial score (nSPS) is 12.9. The van der Waals surface area contributed by atoms with Gasteiger partial charge < -0.3 is 5.11 Å². The van der Waals surface area contributed by atoms with Gasteiger partial charge in [0, 0.05) is 12.1 Å². The molecule has 1 aromatic heterocycles. The van der Waals surface area contributed by atoms with E-state index in [1.165, 1.54) is 0 Å². The molecule has 1 unspecified atom stereocenters. The van der Waals surface area contributed by atoms with Crippen LogP contribution in [0.5, 0.6) is 5.75 Å². The maximum absolute atomic E-state index is 9.35. The average Bonchev–Trinajstić information content (AvgIpc) is 2.04. The van der Waals surface area contributed by atoms with E-state index in [2.05, 4.69) is 18.8 Å². The smallest absolute Gasteiger partial charge is 0.137 e. The van der Waals surface area contributed by atoms with Crippen molar-refractivity contribution in [3.63, 3.8) is 0 Å². The third kappa shape index (κ3) is 1.70. The van der Waals surface area contributed by atoms with Crippen molar-refractivity contribution in [2.24, 2.45) is 0 Å². The van der Waals surface area contributed by atoms with Gasteiger partial charge in [0.1, 0.15) is 5.75 Å². The number of rotatable bonds is 2. The summed E-state index contributed by atoms with van der Waals surface area (Å²) in [6, 6.07) is 3.41. The topological polar surface area (TPSA) is 33.1 Å². The highest BCUT2D eigenvalue weighted by molar-refractivity contribution is 5.27. The lowest BCUT2D eigenvalue weighted by molar-refractivity contribution is 0.456. The van der Waals surface area contributed by atoms with E-state index in [9.17, 15) is 5.11 Å². The molecular formula is C9H13NO. The third-order valence-corrected chi connectivity index (χ3v) is 1.90. The Morgan fingerprint density at radius 2 is 2.36 bits per heavy atom. The first-order valence-electron chi connectivity index (χ1n) is 3.89. The quantitative estimate of drug-likeness (QED) is 0.703. The maximum atomic E-state index is 9.35. The molecule has 11 heavy (non-hydrogen) atoms. The highest BCUT2D eigenvalue weighted by Gasteiger charge is 2.07.